The second-order valence-electron chi connectivity index (χ2n) is 5.39. The number of rotatable bonds is 2. The van der Waals surface area contributed by atoms with Crippen LogP contribution in [-0.2, 0) is 9.47 Å². The molecule has 1 heterocycles. The highest BCUT2D eigenvalue weighted by Crippen LogP contribution is 2.42. The lowest BCUT2D eigenvalue weighted by atomic mass is 9.76. The summed E-state index contributed by atoms with van der Waals surface area (Å²) in [6, 6.07) is 5.30. The minimum atomic E-state index is -0.326. The minimum Gasteiger partial charge on any atom is -0.465 e. The third-order valence-corrected chi connectivity index (χ3v) is 3.56. The van der Waals surface area contributed by atoms with Gasteiger partial charge in [-0.15, -0.1) is 0 Å². The molecule has 0 bridgehead atoms. The van der Waals surface area contributed by atoms with Crippen molar-refractivity contribution >= 4 is 11.7 Å². The van der Waals surface area contributed by atoms with E-state index >= 15 is 0 Å². The number of carbonyl (C=O) groups excluding carboxylic acids is 1. The minimum absolute atomic E-state index is 0.00341. The molecule has 0 unspecified atom stereocenters. The highest BCUT2D eigenvalue weighted by atomic mass is 16.5. The molecule has 4 nitrogen and oxygen atoms in total. The number of benzene rings is 1. The van der Waals surface area contributed by atoms with Crippen LogP contribution in [0.15, 0.2) is 18.2 Å². The summed E-state index contributed by atoms with van der Waals surface area (Å²) in [5.74, 6) is -0.164. The molecule has 0 aromatic heterocycles. The van der Waals surface area contributed by atoms with Gasteiger partial charge in [0.2, 0.25) is 0 Å². The van der Waals surface area contributed by atoms with Gasteiger partial charge in [0, 0.05) is 11.6 Å². The lowest BCUT2D eigenvalue weighted by Gasteiger charge is -2.26. The fourth-order valence-corrected chi connectivity index (χ4v) is 2.44. The standard InChI is InChI=1S/C14H19NO3/c1-14(2)8-18-7-12(14)11-6-9(15)4-5-10(11)13(16)17-3/h4-6,12H,7-8,15H2,1-3H3/t12-/m0/s1. The quantitative estimate of drug-likeness (QED) is 0.644. The van der Waals surface area contributed by atoms with Gasteiger partial charge in [-0.25, -0.2) is 4.79 Å². The molecule has 0 saturated carbocycles. The Balaban J connectivity index is 2.48. The summed E-state index contributed by atoms with van der Waals surface area (Å²) in [4.78, 5) is 11.8. The van der Waals surface area contributed by atoms with E-state index in [2.05, 4.69) is 13.8 Å². The second-order valence-corrected chi connectivity index (χ2v) is 5.39. The van der Waals surface area contributed by atoms with Crippen LogP contribution in [0, 0.1) is 5.41 Å². The maximum atomic E-state index is 11.8. The summed E-state index contributed by atoms with van der Waals surface area (Å²) in [6.07, 6.45) is 0. The molecule has 2 rings (SSSR count). The van der Waals surface area contributed by atoms with Crippen LogP contribution in [0.25, 0.3) is 0 Å². The molecule has 1 saturated heterocycles. The largest absolute Gasteiger partial charge is 0.465 e. The number of carbonyl (C=O) groups is 1. The molecule has 1 fully saturated rings. The number of nitrogens with two attached hydrogens (primary N) is 1. The van der Waals surface area contributed by atoms with Crippen molar-refractivity contribution in [2.45, 2.75) is 19.8 Å². The Labute approximate surface area is 107 Å². The van der Waals surface area contributed by atoms with E-state index in [0.717, 1.165) is 5.56 Å². The smallest absolute Gasteiger partial charge is 0.338 e. The predicted octanol–water partition coefficient (Wildman–Crippen LogP) is 2.20. The molecule has 98 valence electrons. The Kier molecular flexibility index (Phi) is 3.30. The van der Waals surface area contributed by atoms with E-state index in [0.29, 0.717) is 24.5 Å². The zero-order valence-corrected chi connectivity index (χ0v) is 11.0. The van der Waals surface area contributed by atoms with Crippen molar-refractivity contribution in [3.8, 4) is 0 Å². The third kappa shape index (κ3) is 2.20. The van der Waals surface area contributed by atoms with Crippen molar-refractivity contribution in [3.63, 3.8) is 0 Å². The average molecular weight is 249 g/mol. The van der Waals surface area contributed by atoms with Gasteiger partial charge < -0.3 is 15.2 Å². The van der Waals surface area contributed by atoms with Gasteiger partial charge in [-0.05, 0) is 29.2 Å². The van der Waals surface area contributed by atoms with E-state index in [-0.39, 0.29) is 17.3 Å². The maximum absolute atomic E-state index is 11.8. The number of nitrogen functional groups attached to an aromatic ring is 1. The summed E-state index contributed by atoms with van der Waals surface area (Å²) >= 11 is 0. The number of hydrogen-bond acceptors (Lipinski definition) is 4. The fourth-order valence-electron chi connectivity index (χ4n) is 2.44. The summed E-state index contributed by atoms with van der Waals surface area (Å²) in [6.45, 7) is 5.57. The number of anilines is 1. The molecule has 4 heteroatoms. The van der Waals surface area contributed by atoms with E-state index in [9.17, 15) is 4.79 Å². The van der Waals surface area contributed by atoms with Crippen LogP contribution in [0.3, 0.4) is 0 Å². The van der Waals surface area contributed by atoms with Crippen molar-refractivity contribution in [1.29, 1.82) is 0 Å². The molecule has 1 aromatic carbocycles. The summed E-state index contributed by atoms with van der Waals surface area (Å²) in [5, 5.41) is 0. The fraction of sp³-hybridized carbons (Fsp3) is 0.500. The van der Waals surface area contributed by atoms with Gasteiger partial charge in [-0.3, -0.25) is 0 Å². The van der Waals surface area contributed by atoms with Crippen LogP contribution in [0.1, 0.15) is 35.7 Å². The molecule has 1 atom stereocenters. The van der Waals surface area contributed by atoms with Crippen molar-refractivity contribution < 1.29 is 14.3 Å². The maximum Gasteiger partial charge on any atom is 0.338 e. The SMILES string of the molecule is COC(=O)c1ccc(N)cc1[C@@H]1COCC1(C)C. The highest BCUT2D eigenvalue weighted by molar-refractivity contribution is 5.91. The molecule has 1 aliphatic heterocycles. The predicted molar refractivity (Wildman–Crippen MR) is 69.5 cm³/mol. The van der Waals surface area contributed by atoms with E-state index in [1.54, 1.807) is 12.1 Å². The van der Waals surface area contributed by atoms with Crippen molar-refractivity contribution in [3.05, 3.63) is 29.3 Å². The van der Waals surface area contributed by atoms with Gasteiger partial charge in [0.05, 0.1) is 25.9 Å². The monoisotopic (exact) mass is 249 g/mol. The molecule has 18 heavy (non-hydrogen) atoms. The van der Waals surface area contributed by atoms with Gasteiger partial charge in [-0.2, -0.15) is 0 Å². The van der Waals surface area contributed by atoms with E-state index in [1.165, 1.54) is 7.11 Å². The Morgan fingerprint density at radius 3 is 2.78 bits per heavy atom. The Morgan fingerprint density at radius 1 is 1.50 bits per heavy atom. The van der Waals surface area contributed by atoms with Crippen molar-refractivity contribution in [2.24, 2.45) is 5.41 Å². The molecule has 0 radical (unpaired) electrons. The van der Waals surface area contributed by atoms with Gasteiger partial charge in [0.25, 0.3) is 0 Å². The van der Waals surface area contributed by atoms with Gasteiger partial charge >= 0.3 is 5.97 Å². The molecule has 2 N–H and O–H groups in total. The summed E-state index contributed by atoms with van der Waals surface area (Å²) in [5.41, 5.74) is 7.98. The van der Waals surface area contributed by atoms with Crippen LogP contribution >= 0.6 is 0 Å². The van der Waals surface area contributed by atoms with Gasteiger partial charge in [0.1, 0.15) is 0 Å². The lowest BCUT2D eigenvalue weighted by Crippen LogP contribution is -2.22. The number of methoxy groups -OCH3 is 1. The van der Waals surface area contributed by atoms with E-state index in [4.69, 9.17) is 15.2 Å². The van der Waals surface area contributed by atoms with Crippen LogP contribution < -0.4 is 5.73 Å². The van der Waals surface area contributed by atoms with E-state index in [1.807, 2.05) is 6.07 Å². The molecule has 1 aliphatic rings. The first kappa shape index (κ1) is 12.9. The van der Waals surface area contributed by atoms with Gasteiger partial charge in [0.15, 0.2) is 0 Å². The average Bonchev–Trinajstić information content (AvgIpc) is 2.67. The normalized spacial score (nSPS) is 21.8. The first-order valence-electron chi connectivity index (χ1n) is 6.01. The lowest BCUT2D eigenvalue weighted by molar-refractivity contribution is 0.0598. The molecule has 0 spiro atoms. The van der Waals surface area contributed by atoms with E-state index < -0.39 is 0 Å². The molecule has 0 aliphatic carbocycles. The van der Waals surface area contributed by atoms with Crippen LogP contribution in [0.4, 0.5) is 5.69 Å². The topological polar surface area (TPSA) is 61.5 Å². The Bertz CT molecular complexity index is 468. The number of ether oxygens (including phenoxy) is 2. The molecular formula is C14H19NO3. The third-order valence-electron chi connectivity index (χ3n) is 3.56. The van der Waals surface area contributed by atoms with Crippen molar-refractivity contribution in [2.75, 3.05) is 26.1 Å². The second kappa shape index (κ2) is 4.61. The first-order chi connectivity index (χ1) is 8.45. The molecule has 1 aromatic rings. The van der Waals surface area contributed by atoms with Crippen LogP contribution in [0.2, 0.25) is 0 Å². The number of esters is 1. The zero-order valence-electron chi connectivity index (χ0n) is 11.0. The molecular weight excluding hydrogens is 230 g/mol. The van der Waals surface area contributed by atoms with Crippen LogP contribution in [-0.4, -0.2) is 26.3 Å². The van der Waals surface area contributed by atoms with Gasteiger partial charge in [-0.1, -0.05) is 13.8 Å². The Morgan fingerprint density at radius 2 is 2.22 bits per heavy atom. The zero-order chi connectivity index (χ0) is 13.3. The summed E-state index contributed by atoms with van der Waals surface area (Å²) < 4.78 is 10.4. The number of hydrogen-bond donors (Lipinski definition) is 1. The molecule has 0 amide bonds. The summed E-state index contributed by atoms with van der Waals surface area (Å²) in [7, 11) is 1.39. The van der Waals surface area contributed by atoms with Crippen LogP contribution in [0.5, 0.6) is 0 Å². The van der Waals surface area contributed by atoms with Crippen molar-refractivity contribution in [1.82, 2.24) is 0 Å². The highest BCUT2D eigenvalue weighted by Gasteiger charge is 2.38. The first-order valence-corrected chi connectivity index (χ1v) is 6.01. The Hall–Kier alpha value is -1.55.